The number of benzene rings is 2. The summed E-state index contributed by atoms with van der Waals surface area (Å²) in [4.78, 5) is 35.5. The van der Waals surface area contributed by atoms with Crippen LogP contribution in [-0.4, -0.2) is 54.0 Å². The van der Waals surface area contributed by atoms with Gasteiger partial charge in [0, 0.05) is 25.4 Å². The summed E-state index contributed by atoms with van der Waals surface area (Å²) in [7, 11) is 0. The normalized spacial score (nSPS) is 14.2. The van der Waals surface area contributed by atoms with E-state index in [4.69, 9.17) is 9.84 Å². The van der Waals surface area contributed by atoms with Gasteiger partial charge in [-0.3, -0.25) is 4.79 Å². The number of carbonyl (C=O) groups excluding carboxylic acids is 2. The highest BCUT2D eigenvalue weighted by atomic mass is 16.5. The zero-order valence-electron chi connectivity index (χ0n) is 18.8. The molecule has 2 atom stereocenters. The third kappa shape index (κ3) is 5.90. The highest BCUT2D eigenvalue weighted by molar-refractivity contribution is 5.80. The number of ether oxygens (including phenoxy) is 1. The SMILES string of the molecule is CC(C)C(CNC(=O)OCC1c2ccccc2-c2ccccc21)C(=O)NCC[C@H](O)C(=O)O. The number of hydrogen-bond donors (Lipinski definition) is 4. The molecule has 0 spiro atoms. The van der Waals surface area contributed by atoms with Crippen molar-refractivity contribution in [3.05, 3.63) is 59.7 Å². The zero-order chi connectivity index (χ0) is 24.0. The van der Waals surface area contributed by atoms with Crippen LogP contribution in [0.15, 0.2) is 48.5 Å². The van der Waals surface area contributed by atoms with Gasteiger partial charge in [-0.2, -0.15) is 0 Å². The fourth-order valence-electron chi connectivity index (χ4n) is 4.06. The van der Waals surface area contributed by atoms with E-state index in [-0.39, 0.29) is 43.9 Å². The Balaban J connectivity index is 1.52. The Kier molecular flexibility index (Phi) is 8.06. The second-order valence-electron chi connectivity index (χ2n) is 8.49. The average molecular weight is 455 g/mol. The molecular formula is C25H30N2O6. The predicted molar refractivity (Wildman–Crippen MR) is 123 cm³/mol. The van der Waals surface area contributed by atoms with E-state index >= 15 is 0 Å². The number of carboxylic acid groups (broad SMARTS) is 1. The highest BCUT2D eigenvalue weighted by Crippen LogP contribution is 2.44. The van der Waals surface area contributed by atoms with Gasteiger partial charge in [-0.25, -0.2) is 9.59 Å². The number of fused-ring (bicyclic) bond motifs is 3. The first-order valence-corrected chi connectivity index (χ1v) is 11.1. The number of alkyl carbamates (subject to hydrolysis) is 1. The number of rotatable bonds is 10. The molecule has 8 heteroatoms. The van der Waals surface area contributed by atoms with E-state index < -0.39 is 24.1 Å². The number of aliphatic hydroxyl groups is 1. The molecule has 3 rings (SSSR count). The lowest BCUT2D eigenvalue weighted by molar-refractivity contribution is -0.147. The van der Waals surface area contributed by atoms with Gasteiger partial charge >= 0.3 is 12.1 Å². The van der Waals surface area contributed by atoms with Crippen molar-refractivity contribution in [3.63, 3.8) is 0 Å². The van der Waals surface area contributed by atoms with Gasteiger partial charge in [0.05, 0.1) is 5.92 Å². The average Bonchev–Trinajstić information content (AvgIpc) is 3.11. The van der Waals surface area contributed by atoms with Gasteiger partial charge in [0.25, 0.3) is 0 Å². The fourth-order valence-corrected chi connectivity index (χ4v) is 4.06. The summed E-state index contributed by atoms with van der Waals surface area (Å²) in [6.07, 6.45) is -2.22. The molecule has 2 aromatic carbocycles. The molecule has 0 bridgehead atoms. The van der Waals surface area contributed by atoms with Crippen LogP contribution in [-0.2, 0) is 14.3 Å². The van der Waals surface area contributed by atoms with Crippen LogP contribution in [0.5, 0.6) is 0 Å². The first kappa shape index (κ1) is 24.3. The van der Waals surface area contributed by atoms with Crippen molar-refractivity contribution >= 4 is 18.0 Å². The Hall–Kier alpha value is -3.39. The number of aliphatic hydroxyl groups excluding tert-OH is 1. The largest absolute Gasteiger partial charge is 0.479 e. The molecule has 4 N–H and O–H groups in total. The second kappa shape index (κ2) is 11.0. The summed E-state index contributed by atoms with van der Waals surface area (Å²) in [5.41, 5.74) is 4.53. The van der Waals surface area contributed by atoms with Gasteiger partial charge in [0.2, 0.25) is 5.91 Å². The van der Waals surface area contributed by atoms with E-state index in [0.29, 0.717) is 0 Å². The van der Waals surface area contributed by atoms with Crippen molar-refractivity contribution in [2.45, 2.75) is 32.3 Å². The molecule has 0 saturated heterocycles. The van der Waals surface area contributed by atoms with E-state index in [9.17, 15) is 19.5 Å². The molecule has 0 heterocycles. The Morgan fingerprint density at radius 3 is 2.09 bits per heavy atom. The lowest BCUT2D eigenvalue weighted by Crippen LogP contribution is -2.42. The van der Waals surface area contributed by atoms with E-state index in [1.165, 1.54) is 0 Å². The quantitative estimate of drug-likeness (QED) is 0.438. The first-order chi connectivity index (χ1) is 15.8. The van der Waals surface area contributed by atoms with Crippen molar-refractivity contribution in [2.24, 2.45) is 11.8 Å². The number of aliphatic carboxylic acids is 1. The van der Waals surface area contributed by atoms with Crippen LogP contribution in [0.25, 0.3) is 11.1 Å². The minimum Gasteiger partial charge on any atom is -0.479 e. The highest BCUT2D eigenvalue weighted by Gasteiger charge is 2.29. The van der Waals surface area contributed by atoms with E-state index in [1.807, 2.05) is 50.2 Å². The smallest absolute Gasteiger partial charge is 0.407 e. The van der Waals surface area contributed by atoms with E-state index in [2.05, 4.69) is 22.8 Å². The van der Waals surface area contributed by atoms with Crippen LogP contribution in [0.1, 0.15) is 37.3 Å². The Morgan fingerprint density at radius 1 is 0.970 bits per heavy atom. The predicted octanol–water partition coefficient (Wildman–Crippen LogP) is 2.75. The summed E-state index contributed by atoms with van der Waals surface area (Å²) < 4.78 is 5.51. The molecular weight excluding hydrogens is 424 g/mol. The Morgan fingerprint density at radius 2 is 1.55 bits per heavy atom. The topological polar surface area (TPSA) is 125 Å². The van der Waals surface area contributed by atoms with Gasteiger partial charge in [-0.15, -0.1) is 0 Å². The van der Waals surface area contributed by atoms with Gasteiger partial charge in [-0.1, -0.05) is 62.4 Å². The fraction of sp³-hybridized carbons (Fsp3) is 0.400. The molecule has 2 aromatic rings. The maximum atomic E-state index is 12.5. The second-order valence-corrected chi connectivity index (χ2v) is 8.49. The molecule has 0 fully saturated rings. The van der Waals surface area contributed by atoms with Crippen molar-refractivity contribution in [3.8, 4) is 11.1 Å². The number of carboxylic acids is 1. The molecule has 0 aliphatic heterocycles. The maximum absolute atomic E-state index is 12.5. The standard InChI is InChI=1S/C25H30N2O6/c1-15(2)20(23(29)26-12-11-22(28)24(30)31)13-27-25(32)33-14-21-18-9-5-3-7-16(18)17-8-4-6-10-19(17)21/h3-10,15,20-22,28H,11-14H2,1-2H3,(H,26,29)(H,27,32)(H,30,31)/t20?,22-/m0/s1. The van der Waals surface area contributed by atoms with E-state index in [0.717, 1.165) is 22.3 Å². The molecule has 0 aromatic heterocycles. The molecule has 8 nitrogen and oxygen atoms in total. The molecule has 0 radical (unpaired) electrons. The molecule has 33 heavy (non-hydrogen) atoms. The summed E-state index contributed by atoms with van der Waals surface area (Å²) in [5.74, 6) is -2.29. The van der Waals surface area contributed by atoms with Crippen LogP contribution in [0, 0.1) is 11.8 Å². The van der Waals surface area contributed by atoms with E-state index in [1.54, 1.807) is 0 Å². The molecule has 176 valence electrons. The molecule has 2 amide bonds. The minimum atomic E-state index is -1.53. The van der Waals surface area contributed by atoms with Crippen LogP contribution < -0.4 is 10.6 Å². The number of carbonyl (C=O) groups is 3. The summed E-state index contributed by atoms with van der Waals surface area (Å²) in [5, 5.41) is 23.3. The van der Waals surface area contributed by atoms with Crippen LogP contribution in [0.3, 0.4) is 0 Å². The third-order valence-electron chi connectivity index (χ3n) is 5.95. The van der Waals surface area contributed by atoms with Gasteiger partial charge in [-0.05, 0) is 28.2 Å². The lowest BCUT2D eigenvalue weighted by Gasteiger charge is -2.21. The monoisotopic (exact) mass is 454 g/mol. The van der Waals surface area contributed by atoms with Gasteiger partial charge in [0.15, 0.2) is 6.10 Å². The van der Waals surface area contributed by atoms with Gasteiger partial charge < -0.3 is 25.6 Å². The zero-order valence-corrected chi connectivity index (χ0v) is 18.8. The third-order valence-corrected chi connectivity index (χ3v) is 5.95. The molecule has 1 unspecified atom stereocenters. The molecule has 1 aliphatic carbocycles. The Bertz CT molecular complexity index is 960. The summed E-state index contributed by atoms with van der Waals surface area (Å²) in [6, 6.07) is 16.1. The summed E-state index contributed by atoms with van der Waals surface area (Å²) in [6.45, 7) is 4.01. The molecule has 1 aliphatic rings. The number of amides is 2. The maximum Gasteiger partial charge on any atom is 0.407 e. The van der Waals surface area contributed by atoms with Crippen LogP contribution in [0.4, 0.5) is 4.79 Å². The van der Waals surface area contributed by atoms with Gasteiger partial charge in [0.1, 0.15) is 6.61 Å². The van der Waals surface area contributed by atoms with Crippen molar-refractivity contribution in [1.82, 2.24) is 10.6 Å². The van der Waals surface area contributed by atoms with Crippen molar-refractivity contribution in [1.29, 1.82) is 0 Å². The van der Waals surface area contributed by atoms with Crippen LogP contribution in [0.2, 0.25) is 0 Å². The number of hydrogen-bond acceptors (Lipinski definition) is 5. The molecule has 0 saturated carbocycles. The number of nitrogens with one attached hydrogen (secondary N) is 2. The Labute approximate surface area is 193 Å². The first-order valence-electron chi connectivity index (χ1n) is 11.1. The van der Waals surface area contributed by atoms with Crippen LogP contribution >= 0.6 is 0 Å². The lowest BCUT2D eigenvalue weighted by atomic mass is 9.95. The summed E-state index contributed by atoms with van der Waals surface area (Å²) >= 11 is 0. The minimum absolute atomic E-state index is 0.0282. The van der Waals surface area contributed by atoms with Crippen molar-refractivity contribution in [2.75, 3.05) is 19.7 Å². The van der Waals surface area contributed by atoms with Crippen molar-refractivity contribution < 1.29 is 29.3 Å².